The molecule has 0 spiro atoms. The van der Waals surface area contributed by atoms with Gasteiger partial charge >= 0.3 is 0 Å². The highest BCUT2D eigenvalue weighted by atomic mass is 19.1. The van der Waals surface area contributed by atoms with Crippen LogP contribution in [0.2, 0.25) is 0 Å². The molecule has 2 aromatic heterocycles. The molecule has 136 valence electrons. The maximum Gasteiger partial charge on any atom is 0.108 e. The molecule has 2 heterocycles. The number of nitrogens with zero attached hydrogens (tertiary/aromatic N) is 3. The van der Waals surface area contributed by atoms with Crippen LogP contribution in [0.25, 0.3) is 5.70 Å². The van der Waals surface area contributed by atoms with Crippen molar-refractivity contribution in [2.75, 3.05) is 0 Å². The van der Waals surface area contributed by atoms with Gasteiger partial charge in [0.05, 0.1) is 29.3 Å². The van der Waals surface area contributed by atoms with Crippen LogP contribution >= 0.6 is 0 Å². The number of H-pyrrole nitrogens is 1. The Balaban J connectivity index is 1.81. The lowest BCUT2D eigenvalue weighted by Gasteiger charge is -2.36. The Morgan fingerprint density at radius 3 is 2.84 bits per heavy atom. The van der Waals surface area contributed by atoms with E-state index in [-0.39, 0.29) is 6.04 Å². The fourth-order valence-corrected chi connectivity index (χ4v) is 3.73. The highest BCUT2D eigenvalue weighted by molar-refractivity contribution is 5.58. The van der Waals surface area contributed by atoms with Crippen LogP contribution in [0.5, 0.6) is 0 Å². The third-order valence-electron chi connectivity index (χ3n) is 5.26. The van der Waals surface area contributed by atoms with Crippen molar-refractivity contribution in [1.82, 2.24) is 25.1 Å². The lowest BCUT2D eigenvalue weighted by molar-refractivity contribution is 0.0920. The summed E-state index contributed by atoms with van der Waals surface area (Å²) in [6.07, 6.45) is 6.56. The number of aromatic nitrogens is 4. The number of aryl methyl sites for hydroxylation is 2. The molecule has 0 radical (unpaired) electrons. The summed E-state index contributed by atoms with van der Waals surface area (Å²) in [4.78, 5) is 7.69. The SMILES string of the molecule is C=C(NC(c1cnc(C)[nH]1)C1CCC(C)(F)CC1)c1ccnn1CC. The molecule has 1 aliphatic carbocycles. The molecule has 1 saturated carbocycles. The second kappa shape index (κ2) is 7.02. The molecule has 5 nitrogen and oxygen atoms in total. The number of alkyl halides is 1. The van der Waals surface area contributed by atoms with Crippen LogP contribution in [0.4, 0.5) is 4.39 Å². The number of aromatic amines is 1. The summed E-state index contributed by atoms with van der Waals surface area (Å²) in [6.45, 7) is 10.7. The van der Waals surface area contributed by atoms with Gasteiger partial charge in [-0.25, -0.2) is 9.37 Å². The Hall–Kier alpha value is -2.11. The van der Waals surface area contributed by atoms with Crippen LogP contribution in [0.3, 0.4) is 0 Å². The molecule has 0 aliphatic heterocycles. The summed E-state index contributed by atoms with van der Waals surface area (Å²) in [5, 5.41) is 7.89. The molecule has 0 aromatic carbocycles. The zero-order valence-electron chi connectivity index (χ0n) is 15.3. The molecule has 0 bridgehead atoms. The Labute approximate surface area is 148 Å². The van der Waals surface area contributed by atoms with Crippen molar-refractivity contribution in [2.45, 2.75) is 64.7 Å². The van der Waals surface area contributed by atoms with Crippen LogP contribution < -0.4 is 5.32 Å². The lowest BCUT2D eigenvalue weighted by atomic mass is 9.77. The zero-order valence-corrected chi connectivity index (χ0v) is 15.3. The highest BCUT2D eigenvalue weighted by Gasteiger charge is 2.35. The fraction of sp³-hybridized carbons (Fsp3) is 0.579. The summed E-state index contributed by atoms with van der Waals surface area (Å²) >= 11 is 0. The molecule has 6 heteroatoms. The van der Waals surface area contributed by atoms with E-state index in [1.807, 2.05) is 23.9 Å². The normalized spacial score (nSPS) is 24.9. The van der Waals surface area contributed by atoms with Crippen LogP contribution in [0.15, 0.2) is 25.0 Å². The lowest BCUT2D eigenvalue weighted by Crippen LogP contribution is -2.34. The maximum absolute atomic E-state index is 14.2. The first-order chi connectivity index (χ1) is 11.9. The van der Waals surface area contributed by atoms with Gasteiger partial charge < -0.3 is 10.3 Å². The molecule has 2 N–H and O–H groups in total. The van der Waals surface area contributed by atoms with Gasteiger partial charge in [-0.3, -0.25) is 4.68 Å². The minimum atomic E-state index is -1.04. The first-order valence-electron chi connectivity index (χ1n) is 9.07. The molecule has 0 saturated heterocycles. The predicted octanol–water partition coefficient (Wildman–Crippen LogP) is 4.15. The van der Waals surface area contributed by atoms with Gasteiger partial charge in [-0.1, -0.05) is 6.58 Å². The minimum Gasteiger partial charge on any atom is -0.375 e. The van der Waals surface area contributed by atoms with E-state index in [9.17, 15) is 4.39 Å². The van der Waals surface area contributed by atoms with Crippen molar-refractivity contribution in [3.8, 4) is 0 Å². The van der Waals surface area contributed by atoms with Gasteiger partial charge in [0.25, 0.3) is 0 Å². The summed E-state index contributed by atoms with van der Waals surface area (Å²) in [5.41, 5.74) is 1.82. The molecule has 25 heavy (non-hydrogen) atoms. The largest absolute Gasteiger partial charge is 0.375 e. The van der Waals surface area contributed by atoms with Gasteiger partial charge in [0.15, 0.2) is 0 Å². The Morgan fingerprint density at radius 2 is 2.24 bits per heavy atom. The Bertz CT molecular complexity index is 720. The summed E-state index contributed by atoms with van der Waals surface area (Å²) < 4.78 is 16.1. The van der Waals surface area contributed by atoms with Crippen LogP contribution in [-0.2, 0) is 6.54 Å². The highest BCUT2D eigenvalue weighted by Crippen LogP contribution is 2.40. The van der Waals surface area contributed by atoms with E-state index in [1.54, 1.807) is 13.1 Å². The van der Waals surface area contributed by atoms with Crippen molar-refractivity contribution in [2.24, 2.45) is 5.92 Å². The van der Waals surface area contributed by atoms with Crippen molar-refractivity contribution >= 4 is 5.70 Å². The average molecular weight is 345 g/mol. The Kier molecular flexibility index (Phi) is 4.97. The molecule has 1 fully saturated rings. The number of nitrogens with one attached hydrogen (secondary N) is 2. The second-order valence-electron chi connectivity index (χ2n) is 7.31. The van der Waals surface area contributed by atoms with Crippen molar-refractivity contribution in [3.63, 3.8) is 0 Å². The van der Waals surface area contributed by atoms with Crippen LogP contribution in [0, 0.1) is 12.8 Å². The van der Waals surface area contributed by atoms with Crippen LogP contribution in [0.1, 0.15) is 62.8 Å². The van der Waals surface area contributed by atoms with E-state index < -0.39 is 5.67 Å². The van der Waals surface area contributed by atoms with Gasteiger partial charge in [0, 0.05) is 12.7 Å². The van der Waals surface area contributed by atoms with Gasteiger partial charge in [-0.15, -0.1) is 0 Å². The quantitative estimate of drug-likeness (QED) is 0.827. The number of halogens is 1. The van der Waals surface area contributed by atoms with E-state index in [0.29, 0.717) is 18.8 Å². The number of hydrogen-bond acceptors (Lipinski definition) is 3. The molecule has 1 aliphatic rings. The van der Waals surface area contributed by atoms with Gasteiger partial charge in [-0.05, 0) is 58.4 Å². The first kappa shape index (κ1) is 17.7. The standard InChI is InChI=1S/C19H28FN5/c1-5-25-17(8-11-22-25)13(2)23-18(16-12-21-14(3)24-16)15-6-9-19(4,20)10-7-15/h8,11-12,15,18,23H,2,5-7,9-10H2,1,3-4H3,(H,21,24). The van der Waals surface area contributed by atoms with E-state index in [4.69, 9.17) is 0 Å². The molecular weight excluding hydrogens is 317 g/mol. The predicted molar refractivity (Wildman–Crippen MR) is 97.6 cm³/mol. The summed E-state index contributed by atoms with van der Waals surface area (Å²) in [6, 6.07) is 2.01. The van der Waals surface area contributed by atoms with Crippen molar-refractivity contribution in [3.05, 3.63) is 42.3 Å². The molecule has 3 rings (SSSR count). The Morgan fingerprint density at radius 1 is 1.52 bits per heavy atom. The van der Waals surface area contributed by atoms with Gasteiger partial charge in [0.2, 0.25) is 0 Å². The fourth-order valence-electron chi connectivity index (χ4n) is 3.73. The monoisotopic (exact) mass is 345 g/mol. The van der Waals surface area contributed by atoms with Crippen molar-refractivity contribution in [1.29, 1.82) is 0 Å². The zero-order chi connectivity index (χ0) is 18.0. The first-order valence-corrected chi connectivity index (χ1v) is 9.07. The summed E-state index contributed by atoms with van der Waals surface area (Å²) in [7, 11) is 0. The van der Waals surface area contributed by atoms with Crippen LogP contribution in [-0.4, -0.2) is 25.4 Å². The van der Waals surface area contributed by atoms with E-state index in [0.717, 1.165) is 42.3 Å². The minimum absolute atomic E-state index is 0.0463. The number of hydrogen-bond donors (Lipinski definition) is 2. The number of imidazole rings is 1. The third kappa shape index (κ3) is 3.94. The second-order valence-corrected chi connectivity index (χ2v) is 7.31. The molecular formula is C19H28FN5. The maximum atomic E-state index is 14.2. The molecule has 1 atom stereocenters. The van der Waals surface area contributed by atoms with Gasteiger partial charge in [-0.2, -0.15) is 5.10 Å². The van der Waals surface area contributed by atoms with Gasteiger partial charge in [0.1, 0.15) is 11.5 Å². The molecule has 2 aromatic rings. The van der Waals surface area contributed by atoms with Crippen molar-refractivity contribution < 1.29 is 4.39 Å². The third-order valence-corrected chi connectivity index (χ3v) is 5.26. The number of rotatable bonds is 6. The van der Waals surface area contributed by atoms with E-state index >= 15 is 0 Å². The average Bonchev–Trinajstić information content (AvgIpc) is 3.21. The molecule has 0 amide bonds. The summed E-state index contributed by atoms with van der Waals surface area (Å²) in [5.74, 6) is 1.23. The molecule has 1 unspecified atom stereocenters. The van der Waals surface area contributed by atoms with E-state index in [2.05, 4.69) is 33.9 Å². The van der Waals surface area contributed by atoms with E-state index in [1.165, 1.54) is 0 Å². The smallest absolute Gasteiger partial charge is 0.108 e. The topological polar surface area (TPSA) is 58.5 Å².